The fourth-order valence-electron chi connectivity index (χ4n) is 4.07. The zero-order chi connectivity index (χ0) is 22.7. The second kappa shape index (κ2) is 9.26. The number of nitrogens with two attached hydrogens (primary N) is 1. The molecule has 0 aromatic heterocycles. The number of ether oxygens (including phenoxy) is 2. The van der Waals surface area contributed by atoms with Crippen LogP contribution in [0.2, 0.25) is 0 Å². The lowest BCUT2D eigenvalue weighted by Gasteiger charge is -2.16. The van der Waals surface area contributed by atoms with E-state index in [1.807, 2.05) is 41.3 Å². The van der Waals surface area contributed by atoms with Crippen LogP contribution < -0.4 is 10.5 Å². The molecule has 0 unspecified atom stereocenters. The summed E-state index contributed by atoms with van der Waals surface area (Å²) in [4.78, 5) is 31.3. The van der Waals surface area contributed by atoms with E-state index in [1.54, 1.807) is 20.1 Å². The summed E-state index contributed by atoms with van der Waals surface area (Å²) in [5, 5.41) is 0. The number of fused-ring (bicyclic) bond motifs is 1. The van der Waals surface area contributed by atoms with E-state index in [4.69, 9.17) is 15.2 Å². The SMILES string of the molecule is CCOC(=O)C1=Cc2cc(OC)c(-c3ccc(C(=O)N4CCCC4)cc3)cc2N=C(N)C1. The summed E-state index contributed by atoms with van der Waals surface area (Å²) in [6, 6.07) is 11.3. The van der Waals surface area contributed by atoms with Crippen molar-refractivity contribution in [2.75, 3.05) is 26.8 Å². The quantitative estimate of drug-likeness (QED) is 0.721. The van der Waals surface area contributed by atoms with Crippen molar-refractivity contribution >= 4 is 29.5 Å². The van der Waals surface area contributed by atoms with Crippen molar-refractivity contribution in [1.29, 1.82) is 0 Å². The Kier molecular flexibility index (Phi) is 6.25. The van der Waals surface area contributed by atoms with Gasteiger partial charge in [-0.1, -0.05) is 12.1 Å². The zero-order valence-electron chi connectivity index (χ0n) is 18.4. The lowest BCUT2D eigenvalue weighted by molar-refractivity contribution is -0.138. The Labute approximate surface area is 187 Å². The van der Waals surface area contributed by atoms with Gasteiger partial charge in [0.05, 0.1) is 19.4 Å². The summed E-state index contributed by atoms with van der Waals surface area (Å²) in [6.45, 7) is 3.69. The Hall–Kier alpha value is -3.61. The first-order valence-corrected chi connectivity index (χ1v) is 10.8. The van der Waals surface area contributed by atoms with E-state index in [0.717, 1.165) is 42.6 Å². The minimum atomic E-state index is -0.403. The highest BCUT2D eigenvalue weighted by Crippen LogP contribution is 2.38. The fraction of sp³-hybridized carbons (Fsp3) is 0.320. The molecule has 0 radical (unpaired) electrons. The maximum absolute atomic E-state index is 12.6. The maximum atomic E-state index is 12.6. The van der Waals surface area contributed by atoms with Gasteiger partial charge in [-0.25, -0.2) is 9.79 Å². The van der Waals surface area contributed by atoms with E-state index < -0.39 is 5.97 Å². The molecule has 4 rings (SSSR count). The first-order valence-electron chi connectivity index (χ1n) is 10.8. The van der Waals surface area contributed by atoms with Gasteiger partial charge in [-0.15, -0.1) is 0 Å². The molecule has 2 aromatic rings. The Bertz CT molecular complexity index is 1100. The molecule has 2 heterocycles. The molecule has 0 spiro atoms. The summed E-state index contributed by atoms with van der Waals surface area (Å²) < 4.78 is 10.8. The van der Waals surface area contributed by atoms with Crippen LogP contribution >= 0.6 is 0 Å². The van der Waals surface area contributed by atoms with Gasteiger partial charge >= 0.3 is 5.97 Å². The highest BCUT2D eigenvalue weighted by atomic mass is 16.5. The van der Waals surface area contributed by atoms with Crippen molar-refractivity contribution < 1.29 is 19.1 Å². The predicted octanol–water partition coefficient (Wildman–Crippen LogP) is 3.94. The number of methoxy groups -OCH3 is 1. The predicted molar refractivity (Wildman–Crippen MR) is 124 cm³/mol. The summed E-state index contributed by atoms with van der Waals surface area (Å²) in [6.07, 6.45) is 4.09. The largest absolute Gasteiger partial charge is 0.496 e. The number of hydrogen-bond donors (Lipinski definition) is 1. The van der Waals surface area contributed by atoms with Crippen LogP contribution in [-0.2, 0) is 9.53 Å². The van der Waals surface area contributed by atoms with E-state index in [-0.39, 0.29) is 12.3 Å². The van der Waals surface area contributed by atoms with E-state index in [2.05, 4.69) is 4.99 Å². The van der Waals surface area contributed by atoms with E-state index in [1.165, 1.54) is 0 Å². The zero-order valence-corrected chi connectivity index (χ0v) is 18.4. The van der Waals surface area contributed by atoms with Gasteiger partial charge in [0.1, 0.15) is 11.6 Å². The van der Waals surface area contributed by atoms with Gasteiger partial charge in [-0.05, 0) is 55.7 Å². The Balaban J connectivity index is 1.69. The number of carbonyl (C=O) groups is 2. The molecule has 2 aliphatic heterocycles. The lowest BCUT2D eigenvalue weighted by atomic mass is 9.98. The molecule has 2 aromatic carbocycles. The van der Waals surface area contributed by atoms with Gasteiger partial charge in [0.15, 0.2) is 0 Å². The average Bonchev–Trinajstić information content (AvgIpc) is 3.28. The first-order chi connectivity index (χ1) is 15.5. The number of likely N-dealkylation sites (tertiary alicyclic amines) is 1. The smallest absolute Gasteiger partial charge is 0.334 e. The number of amidine groups is 1. The third-order valence-corrected chi connectivity index (χ3v) is 5.69. The lowest BCUT2D eigenvalue weighted by Crippen LogP contribution is -2.27. The number of amides is 1. The molecular weight excluding hydrogens is 406 g/mol. The number of hydrogen-bond acceptors (Lipinski definition) is 6. The third kappa shape index (κ3) is 4.37. The summed E-state index contributed by atoms with van der Waals surface area (Å²) >= 11 is 0. The standard InChI is InChI=1S/C25H27N3O4/c1-3-32-25(30)19-12-18-13-22(31-2)20(15-21(18)27-23(26)14-19)16-6-8-17(9-7-16)24(29)28-10-4-5-11-28/h6-9,12-13,15H,3-5,10-11,14H2,1-2H3,(H2,26,27). The minimum absolute atomic E-state index is 0.0666. The van der Waals surface area contributed by atoms with Gasteiger partial charge in [-0.2, -0.15) is 0 Å². The van der Waals surface area contributed by atoms with Gasteiger partial charge < -0.3 is 20.1 Å². The second-order valence-electron chi connectivity index (χ2n) is 7.86. The number of nitrogens with zero attached hydrogens (tertiary/aromatic N) is 2. The van der Waals surface area contributed by atoms with Crippen LogP contribution in [0.15, 0.2) is 47.0 Å². The molecule has 32 heavy (non-hydrogen) atoms. The van der Waals surface area contributed by atoms with Crippen LogP contribution in [0.4, 0.5) is 5.69 Å². The molecule has 1 saturated heterocycles. The van der Waals surface area contributed by atoms with Crippen molar-refractivity contribution in [3.05, 3.63) is 53.1 Å². The molecule has 7 nitrogen and oxygen atoms in total. The molecule has 0 saturated carbocycles. The van der Waals surface area contributed by atoms with Crippen LogP contribution in [0, 0.1) is 0 Å². The van der Waals surface area contributed by atoms with Crippen molar-refractivity contribution in [2.24, 2.45) is 10.7 Å². The minimum Gasteiger partial charge on any atom is -0.496 e. The van der Waals surface area contributed by atoms with E-state index in [0.29, 0.717) is 35.0 Å². The molecular formula is C25H27N3O4. The van der Waals surface area contributed by atoms with E-state index >= 15 is 0 Å². The molecule has 7 heteroatoms. The molecule has 1 fully saturated rings. The molecule has 2 aliphatic rings. The van der Waals surface area contributed by atoms with Gasteiger partial charge in [0.25, 0.3) is 5.91 Å². The van der Waals surface area contributed by atoms with Gasteiger partial charge in [-0.3, -0.25) is 4.79 Å². The van der Waals surface area contributed by atoms with Crippen LogP contribution in [0.3, 0.4) is 0 Å². The second-order valence-corrected chi connectivity index (χ2v) is 7.86. The highest BCUT2D eigenvalue weighted by molar-refractivity contribution is 6.03. The fourth-order valence-corrected chi connectivity index (χ4v) is 4.07. The number of benzene rings is 2. The Morgan fingerprint density at radius 1 is 1.12 bits per heavy atom. The van der Waals surface area contributed by atoms with Crippen LogP contribution in [0.25, 0.3) is 17.2 Å². The monoisotopic (exact) mass is 433 g/mol. The van der Waals surface area contributed by atoms with Crippen molar-refractivity contribution in [1.82, 2.24) is 4.90 Å². The van der Waals surface area contributed by atoms with Gasteiger partial charge in [0.2, 0.25) is 0 Å². The normalized spacial score (nSPS) is 15.4. The highest BCUT2D eigenvalue weighted by Gasteiger charge is 2.21. The first kappa shape index (κ1) is 21.6. The molecule has 0 bridgehead atoms. The van der Waals surface area contributed by atoms with Crippen LogP contribution in [0.5, 0.6) is 5.75 Å². The van der Waals surface area contributed by atoms with Crippen molar-refractivity contribution in [3.63, 3.8) is 0 Å². The molecule has 2 N–H and O–H groups in total. The summed E-state index contributed by atoms with van der Waals surface area (Å²) in [5.41, 5.74) is 10.3. The van der Waals surface area contributed by atoms with Crippen LogP contribution in [-0.4, -0.2) is 49.4 Å². The molecule has 166 valence electrons. The maximum Gasteiger partial charge on any atom is 0.334 e. The van der Waals surface area contributed by atoms with Gasteiger partial charge in [0, 0.05) is 41.8 Å². The Morgan fingerprint density at radius 3 is 2.50 bits per heavy atom. The number of carbonyl (C=O) groups excluding carboxylic acids is 2. The number of aliphatic imine (C=N–C) groups is 1. The van der Waals surface area contributed by atoms with Crippen LogP contribution in [0.1, 0.15) is 42.1 Å². The molecule has 0 aliphatic carbocycles. The van der Waals surface area contributed by atoms with Crippen molar-refractivity contribution in [2.45, 2.75) is 26.2 Å². The van der Waals surface area contributed by atoms with Crippen molar-refractivity contribution in [3.8, 4) is 16.9 Å². The molecule has 0 atom stereocenters. The summed E-state index contributed by atoms with van der Waals surface area (Å²) in [5.74, 6) is 0.639. The van der Waals surface area contributed by atoms with E-state index in [9.17, 15) is 9.59 Å². The third-order valence-electron chi connectivity index (χ3n) is 5.69. The Morgan fingerprint density at radius 2 is 1.84 bits per heavy atom. The number of esters is 1. The number of rotatable bonds is 5. The summed E-state index contributed by atoms with van der Waals surface area (Å²) in [7, 11) is 1.60. The average molecular weight is 434 g/mol. The molecule has 1 amide bonds. The topological polar surface area (TPSA) is 94.2 Å².